The second-order valence-corrected chi connectivity index (χ2v) is 3.02. The Morgan fingerprint density at radius 2 is 1.80 bits per heavy atom. The SMILES string of the molecule is C=CC(/C=C\C)=C(/C=C\C)OC(=C)CC. The van der Waals surface area contributed by atoms with Crippen molar-refractivity contribution < 1.29 is 4.74 Å². The number of hydrogen-bond acceptors (Lipinski definition) is 1. The molecule has 0 heterocycles. The molecule has 0 fully saturated rings. The summed E-state index contributed by atoms with van der Waals surface area (Å²) in [5.74, 6) is 1.55. The van der Waals surface area contributed by atoms with Crippen LogP contribution in [0.1, 0.15) is 27.2 Å². The van der Waals surface area contributed by atoms with E-state index in [-0.39, 0.29) is 0 Å². The van der Waals surface area contributed by atoms with Gasteiger partial charge in [0.15, 0.2) is 0 Å². The van der Waals surface area contributed by atoms with Gasteiger partial charge >= 0.3 is 0 Å². The van der Waals surface area contributed by atoms with Crippen LogP contribution in [0.15, 0.2) is 60.6 Å². The highest BCUT2D eigenvalue weighted by atomic mass is 16.5. The van der Waals surface area contributed by atoms with Crippen LogP contribution in [-0.2, 0) is 4.74 Å². The lowest BCUT2D eigenvalue weighted by molar-refractivity contribution is 0.308. The van der Waals surface area contributed by atoms with E-state index in [1.54, 1.807) is 6.08 Å². The molecule has 1 nitrogen and oxygen atoms in total. The lowest BCUT2D eigenvalue weighted by Crippen LogP contribution is -1.92. The zero-order valence-corrected chi connectivity index (χ0v) is 9.92. The average molecular weight is 204 g/mol. The Bertz CT molecular complexity index is 303. The molecule has 0 aliphatic heterocycles. The molecule has 0 bridgehead atoms. The Labute approximate surface area is 93.1 Å². The van der Waals surface area contributed by atoms with Crippen LogP contribution in [0.2, 0.25) is 0 Å². The molecule has 0 aliphatic rings. The zero-order chi connectivity index (χ0) is 11.7. The molecule has 1 heteroatoms. The summed E-state index contributed by atoms with van der Waals surface area (Å²) in [4.78, 5) is 0. The van der Waals surface area contributed by atoms with E-state index >= 15 is 0 Å². The topological polar surface area (TPSA) is 9.23 Å². The van der Waals surface area contributed by atoms with Crippen LogP contribution in [0.5, 0.6) is 0 Å². The molecule has 0 saturated carbocycles. The minimum atomic E-state index is 0.756. The molecule has 0 rings (SSSR count). The summed E-state index contributed by atoms with van der Waals surface area (Å²) in [6, 6.07) is 0. The minimum Gasteiger partial charge on any atom is -0.462 e. The third kappa shape index (κ3) is 5.06. The second kappa shape index (κ2) is 7.86. The van der Waals surface area contributed by atoms with Crippen LogP contribution in [0.4, 0.5) is 0 Å². The summed E-state index contributed by atoms with van der Waals surface area (Å²) in [6.07, 6.45) is 10.4. The molecule has 0 aromatic carbocycles. The lowest BCUT2D eigenvalue weighted by Gasteiger charge is -2.09. The predicted molar refractivity (Wildman–Crippen MR) is 67.4 cm³/mol. The van der Waals surface area contributed by atoms with Crippen LogP contribution in [0.3, 0.4) is 0 Å². The van der Waals surface area contributed by atoms with E-state index in [2.05, 4.69) is 13.2 Å². The molecule has 0 radical (unpaired) electrons. The third-order valence-electron chi connectivity index (χ3n) is 1.82. The summed E-state index contributed by atoms with van der Waals surface area (Å²) in [5.41, 5.74) is 0.963. The van der Waals surface area contributed by atoms with E-state index in [9.17, 15) is 0 Å². The van der Waals surface area contributed by atoms with Gasteiger partial charge in [-0.3, -0.25) is 0 Å². The monoisotopic (exact) mass is 204 g/mol. The van der Waals surface area contributed by atoms with E-state index in [0.29, 0.717) is 0 Å². The van der Waals surface area contributed by atoms with Crippen LogP contribution in [0, 0.1) is 0 Å². The molecule has 0 amide bonds. The molecule has 0 N–H and O–H groups in total. The molecule has 0 unspecified atom stereocenters. The summed E-state index contributed by atoms with van der Waals surface area (Å²) < 4.78 is 5.62. The smallest absolute Gasteiger partial charge is 0.133 e. The van der Waals surface area contributed by atoms with Gasteiger partial charge in [0.2, 0.25) is 0 Å². The highest BCUT2D eigenvalue weighted by molar-refractivity contribution is 5.37. The van der Waals surface area contributed by atoms with Gasteiger partial charge in [-0.1, -0.05) is 44.4 Å². The fourth-order valence-corrected chi connectivity index (χ4v) is 0.999. The number of rotatable bonds is 6. The average Bonchev–Trinajstić information content (AvgIpc) is 2.25. The van der Waals surface area contributed by atoms with E-state index in [4.69, 9.17) is 4.74 Å². The fourth-order valence-electron chi connectivity index (χ4n) is 0.999. The summed E-state index contributed by atoms with van der Waals surface area (Å²) in [6.45, 7) is 13.5. The summed E-state index contributed by atoms with van der Waals surface area (Å²) >= 11 is 0. The first-order chi connectivity index (χ1) is 7.19. The van der Waals surface area contributed by atoms with Gasteiger partial charge in [-0.25, -0.2) is 0 Å². The van der Waals surface area contributed by atoms with Crippen LogP contribution in [-0.4, -0.2) is 0 Å². The van der Waals surface area contributed by atoms with Crippen molar-refractivity contribution in [3.8, 4) is 0 Å². The fraction of sp³-hybridized carbons (Fsp3) is 0.286. The van der Waals surface area contributed by atoms with Crippen molar-refractivity contribution >= 4 is 0 Å². The van der Waals surface area contributed by atoms with Gasteiger partial charge in [0, 0.05) is 12.0 Å². The second-order valence-electron chi connectivity index (χ2n) is 3.02. The lowest BCUT2D eigenvalue weighted by atomic mass is 10.2. The van der Waals surface area contributed by atoms with E-state index in [0.717, 1.165) is 23.5 Å². The quantitative estimate of drug-likeness (QED) is 0.456. The van der Waals surface area contributed by atoms with Gasteiger partial charge in [0.05, 0.1) is 5.76 Å². The van der Waals surface area contributed by atoms with Gasteiger partial charge in [-0.15, -0.1) is 0 Å². The van der Waals surface area contributed by atoms with Gasteiger partial charge in [-0.05, 0) is 19.9 Å². The maximum atomic E-state index is 5.62. The first kappa shape index (κ1) is 13.5. The van der Waals surface area contributed by atoms with Gasteiger partial charge < -0.3 is 4.74 Å². The molecular formula is C14H20O. The van der Waals surface area contributed by atoms with Crippen molar-refractivity contribution in [3.63, 3.8) is 0 Å². The molecule has 0 aliphatic carbocycles. The summed E-state index contributed by atoms with van der Waals surface area (Å²) in [7, 11) is 0. The Morgan fingerprint density at radius 3 is 2.20 bits per heavy atom. The van der Waals surface area contributed by atoms with Crippen LogP contribution < -0.4 is 0 Å². The highest BCUT2D eigenvalue weighted by Crippen LogP contribution is 2.16. The first-order valence-corrected chi connectivity index (χ1v) is 5.17. The van der Waals surface area contributed by atoms with Crippen LogP contribution in [0.25, 0.3) is 0 Å². The van der Waals surface area contributed by atoms with Crippen molar-refractivity contribution in [1.82, 2.24) is 0 Å². The van der Waals surface area contributed by atoms with Gasteiger partial charge in [-0.2, -0.15) is 0 Å². The molecular weight excluding hydrogens is 184 g/mol. The molecule has 0 saturated heterocycles. The molecule has 0 spiro atoms. The Hall–Kier alpha value is -1.50. The number of ether oxygens (including phenoxy) is 1. The van der Waals surface area contributed by atoms with E-state index in [1.807, 2.05) is 45.1 Å². The van der Waals surface area contributed by atoms with Crippen molar-refractivity contribution in [3.05, 3.63) is 60.6 Å². The maximum Gasteiger partial charge on any atom is 0.133 e. The van der Waals surface area contributed by atoms with Crippen molar-refractivity contribution in [2.45, 2.75) is 27.2 Å². The standard InChI is InChI=1S/C14H20O/c1-6-10-13(9-4)14(11-7-2)15-12(5)8-3/h6-7,9-11H,4-5,8H2,1-3H3/b10-6-,11-7-,14-13+. The molecule has 0 atom stereocenters. The van der Waals surface area contributed by atoms with Gasteiger partial charge in [0.25, 0.3) is 0 Å². The molecule has 15 heavy (non-hydrogen) atoms. The van der Waals surface area contributed by atoms with E-state index in [1.165, 1.54) is 0 Å². The maximum absolute atomic E-state index is 5.62. The minimum absolute atomic E-state index is 0.756. The zero-order valence-electron chi connectivity index (χ0n) is 9.92. The Kier molecular flexibility index (Phi) is 7.08. The predicted octanol–water partition coefficient (Wildman–Crippen LogP) is 4.52. The molecule has 82 valence electrons. The van der Waals surface area contributed by atoms with Crippen molar-refractivity contribution in [2.24, 2.45) is 0 Å². The summed E-state index contributed by atoms with van der Waals surface area (Å²) in [5, 5.41) is 0. The normalized spacial score (nSPS) is 13.0. The number of hydrogen-bond donors (Lipinski definition) is 0. The van der Waals surface area contributed by atoms with Crippen molar-refractivity contribution in [2.75, 3.05) is 0 Å². The molecule has 0 aromatic rings. The van der Waals surface area contributed by atoms with E-state index < -0.39 is 0 Å². The highest BCUT2D eigenvalue weighted by Gasteiger charge is 2.00. The third-order valence-corrected chi connectivity index (χ3v) is 1.82. The van der Waals surface area contributed by atoms with Gasteiger partial charge in [0.1, 0.15) is 5.76 Å². The number of allylic oxidation sites excluding steroid dienone is 7. The van der Waals surface area contributed by atoms with Crippen LogP contribution >= 0.6 is 0 Å². The Morgan fingerprint density at radius 1 is 1.20 bits per heavy atom. The largest absolute Gasteiger partial charge is 0.462 e. The Balaban J connectivity index is 5.05. The molecule has 0 aromatic heterocycles. The van der Waals surface area contributed by atoms with Crippen molar-refractivity contribution in [1.29, 1.82) is 0 Å². The first-order valence-electron chi connectivity index (χ1n) is 5.17.